The number of nitrogens with zero attached hydrogens (tertiary/aromatic N) is 2. The van der Waals surface area contributed by atoms with Crippen LogP contribution >= 0.6 is 23.2 Å². The van der Waals surface area contributed by atoms with E-state index in [9.17, 15) is 0 Å². The van der Waals surface area contributed by atoms with Gasteiger partial charge < -0.3 is 10.6 Å². The third kappa shape index (κ3) is 3.01. The highest BCUT2D eigenvalue weighted by Gasteiger charge is 2.25. The average Bonchev–Trinajstić information content (AvgIpc) is 2.45. The molecule has 1 saturated heterocycles. The molecule has 2 rings (SSSR count). The van der Waals surface area contributed by atoms with Gasteiger partial charge in [-0.1, -0.05) is 37.0 Å². The summed E-state index contributed by atoms with van der Waals surface area (Å²) in [6.45, 7) is 6.54. The molecule has 3 nitrogen and oxygen atoms in total. The summed E-state index contributed by atoms with van der Waals surface area (Å²) in [5.74, 6) is 1.11. The normalized spacial score (nSPS) is 19.7. The zero-order valence-electron chi connectivity index (χ0n) is 10.8. The fourth-order valence-electron chi connectivity index (χ4n) is 2.33. The Balaban J connectivity index is 2.24. The minimum absolute atomic E-state index is 0.347. The number of pyridine rings is 1. The molecule has 18 heavy (non-hydrogen) atoms. The van der Waals surface area contributed by atoms with Crippen LogP contribution in [0.2, 0.25) is 10.0 Å². The van der Waals surface area contributed by atoms with Crippen LogP contribution in [0.15, 0.2) is 6.07 Å². The van der Waals surface area contributed by atoms with Gasteiger partial charge in [0.1, 0.15) is 11.6 Å². The number of anilines is 2. The van der Waals surface area contributed by atoms with Gasteiger partial charge in [0.25, 0.3) is 0 Å². The second-order valence-corrected chi connectivity index (χ2v) is 6.48. The van der Waals surface area contributed by atoms with Crippen molar-refractivity contribution >= 4 is 34.8 Å². The minimum atomic E-state index is 0.347. The van der Waals surface area contributed by atoms with Crippen molar-refractivity contribution in [3.05, 3.63) is 16.1 Å². The zero-order chi connectivity index (χ0) is 13.3. The molecule has 0 amide bonds. The van der Waals surface area contributed by atoms with E-state index in [0.29, 0.717) is 21.3 Å². The van der Waals surface area contributed by atoms with Gasteiger partial charge in [0.2, 0.25) is 0 Å². The van der Waals surface area contributed by atoms with E-state index in [1.54, 1.807) is 6.07 Å². The van der Waals surface area contributed by atoms with Crippen LogP contribution in [-0.2, 0) is 0 Å². The van der Waals surface area contributed by atoms with E-state index in [-0.39, 0.29) is 0 Å². The van der Waals surface area contributed by atoms with Gasteiger partial charge in [-0.3, -0.25) is 0 Å². The van der Waals surface area contributed by atoms with E-state index in [0.717, 1.165) is 31.7 Å². The number of nitrogen functional groups attached to an aromatic ring is 1. The quantitative estimate of drug-likeness (QED) is 0.849. The monoisotopic (exact) mass is 287 g/mol. The summed E-state index contributed by atoms with van der Waals surface area (Å²) in [5.41, 5.74) is 6.15. The maximum absolute atomic E-state index is 6.22. The third-order valence-electron chi connectivity index (χ3n) is 3.58. The highest BCUT2D eigenvalue weighted by atomic mass is 35.5. The maximum Gasteiger partial charge on any atom is 0.149 e. The topological polar surface area (TPSA) is 42.2 Å². The van der Waals surface area contributed by atoms with E-state index in [1.165, 1.54) is 6.42 Å². The molecule has 1 aliphatic rings. The number of nitrogens with two attached hydrogens (primary N) is 1. The SMILES string of the molecule is CC1(C)CCCN(c2nc(N)c(Cl)cc2Cl)CC1. The Kier molecular flexibility index (Phi) is 3.93. The molecule has 0 atom stereocenters. The molecule has 0 saturated carbocycles. The lowest BCUT2D eigenvalue weighted by atomic mass is 9.85. The Labute approximate surface area is 118 Å². The Bertz CT molecular complexity index is 446. The predicted molar refractivity (Wildman–Crippen MR) is 78.5 cm³/mol. The van der Waals surface area contributed by atoms with E-state index in [4.69, 9.17) is 28.9 Å². The number of hydrogen-bond donors (Lipinski definition) is 1. The van der Waals surface area contributed by atoms with Gasteiger partial charge in [-0.2, -0.15) is 0 Å². The first-order valence-electron chi connectivity index (χ1n) is 6.25. The third-order valence-corrected chi connectivity index (χ3v) is 4.16. The lowest BCUT2D eigenvalue weighted by molar-refractivity contribution is 0.325. The van der Waals surface area contributed by atoms with E-state index in [1.807, 2.05) is 0 Å². The second kappa shape index (κ2) is 5.14. The molecule has 0 radical (unpaired) electrons. The highest BCUT2D eigenvalue weighted by molar-refractivity contribution is 6.37. The number of rotatable bonds is 1. The molecule has 1 aromatic rings. The first-order valence-corrected chi connectivity index (χ1v) is 7.01. The summed E-state index contributed by atoms with van der Waals surface area (Å²) in [4.78, 5) is 6.54. The fraction of sp³-hybridized carbons (Fsp3) is 0.615. The van der Waals surface area contributed by atoms with Crippen LogP contribution in [0.1, 0.15) is 33.1 Å². The van der Waals surface area contributed by atoms with E-state index in [2.05, 4.69) is 23.7 Å². The second-order valence-electron chi connectivity index (χ2n) is 5.67. The lowest BCUT2D eigenvalue weighted by Gasteiger charge is -2.25. The summed E-state index contributed by atoms with van der Waals surface area (Å²) in [5, 5.41) is 0.993. The number of halogens is 2. The van der Waals surface area contributed by atoms with Crippen LogP contribution in [0, 0.1) is 5.41 Å². The van der Waals surface area contributed by atoms with Crippen molar-refractivity contribution in [2.24, 2.45) is 5.41 Å². The van der Waals surface area contributed by atoms with Crippen molar-refractivity contribution in [1.82, 2.24) is 4.98 Å². The Hall–Kier alpha value is -0.670. The van der Waals surface area contributed by atoms with Gasteiger partial charge in [-0.05, 0) is 30.7 Å². The van der Waals surface area contributed by atoms with Gasteiger partial charge in [0.05, 0.1) is 10.0 Å². The molecule has 0 spiro atoms. The van der Waals surface area contributed by atoms with Crippen molar-refractivity contribution in [1.29, 1.82) is 0 Å². The van der Waals surface area contributed by atoms with Crippen LogP contribution < -0.4 is 10.6 Å². The van der Waals surface area contributed by atoms with Gasteiger partial charge in [-0.25, -0.2) is 4.98 Å². The number of aromatic nitrogens is 1. The summed E-state index contributed by atoms with van der Waals surface area (Å²) in [6.07, 6.45) is 3.51. The fourth-order valence-corrected chi connectivity index (χ4v) is 2.81. The Morgan fingerprint density at radius 2 is 1.94 bits per heavy atom. The summed E-state index contributed by atoms with van der Waals surface area (Å²) >= 11 is 12.1. The van der Waals surface area contributed by atoms with Gasteiger partial charge in [0.15, 0.2) is 0 Å². The van der Waals surface area contributed by atoms with Crippen LogP contribution in [0.25, 0.3) is 0 Å². The van der Waals surface area contributed by atoms with Crippen LogP contribution in [-0.4, -0.2) is 18.1 Å². The van der Waals surface area contributed by atoms with Crippen molar-refractivity contribution < 1.29 is 0 Å². The van der Waals surface area contributed by atoms with Crippen molar-refractivity contribution in [3.8, 4) is 0 Å². The smallest absolute Gasteiger partial charge is 0.149 e. The summed E-state index contributed by atoms with van der Waals surface area (Å²) in [6, 6.07) is 1.68. The molecule has 1 fully saturated rings. The lowest BCUT2D eigenvalue weighted by Crippen LogP contribution is -2.26. The summed E-state index contributed by atoms with van der Waals surface area (Å²) in [7, 11) is 0. The molecule has 100 valence electrons. The molecule has 2 N–H and O–H groups in total. The van der Waals surface area contributed by atoms with Crippen LogP contribution in [0.5, 0.6) is 0 Å². The first-order chi connectivity index (χ1) is 8.39. The van der Waals surface area contributed by atoms with E-state index < -0.39 is 0 Å². The average molecular weight is 288 g/mol. The molecule has 2 heterocycles. The first kappa shape index (κ1) is 13.8. The predicted octanol–water partition coefficient (Wildman–Crippen LogP) is 3.99. The molecule has 5 heteroatoms. The highest BCUT2D eigenvalue weighted by Crippen LogP contribution is 2.35. The molecule has 1 aromatic heterocycles. The standard InChI is InChI=1S/C13H19Cl2N3/c1-13(2)4-3-6-18(7-5-13)12-10(15)8-9(14)11(16)17-12/h8H,3-7H2,1-2H3,(H2,16,17). The minimum Gasteiger partial charge on any atom is -0.382 e. The largest absolute Gasteiger partial charge is 0.382 e. The molecule has 1 aliphatic heterocycles. The molecular weight excluding hydrogens is 269 g/mol. The van der Waals surface area contributed by atoms with Crippen molar-refractivity contribution in [2.75, 3.05) is 23.7 Å². The van der Waals surface area contributed by atoms with Crippen LogP contribution in [0.4, 0.5) is 11.6 Å². The molecule has 0 bridgehead atoms. The van der Waals surface area contributed by atoms with Crippen LogP contribution in [0.3, 0.4) is 0 Å². The van der Waals surface area contributed by atoms with Gasteiger partial charge >= 0.3 is 0 Å². The number of hydrogen-bond acceptors (Lipinski definition) is 3. The van der Waals surface area contributed by atoms with Crippen molar-refractivity contribution in [3.63, 3.8) is 0 Å². The van der Waals surface area contributed by atoms with Crippen molar-refractivity contribution in [2.45, 2.75) is 33.1 Å². The Morgan fingerprint density at radius 1 is 1.22 bits per heavy atom. The zero-order valence-corrected chi connectivity index (χ0v) is 12.4. The Morgan fingerprint density at radius 3 is 2.67 bits per heavy atom. The molecule has 0 unspecified atom stereocenters. The molecule has 0 aliphatic carbocycles. The molecular formula is C13H19Cl2N3. The van der Waals surface area contributed by atoms with Gasteiger partial charge in [-0.15, -0.1) is 0 Å². The molecule has 0 aromatic carbocycles. The van der Waals surface area contributed by atoms with Gasteiger partial charge in [0, 0.05) is 13.1 Å². The summed E-state index contributed by atoms with van der Waals surface area (Å²) < 4.78 is 0. The maximum atomic E-state index is 6.22. The van der Waals surface area contributed by atoms with E-state index >= 15 is 0 Å².